The number of carbonyl (C=O) groups excluding carboxylic acids is 2. The molecule has 1 atom stereocenters. The smallest absolute Gasteiger partial charge is 0.276 e. The summed E-state index contributed by atoms with van der Waals surface area (Å²) in [6.45, 7) is 1.32. The summed E-state index contributed by atoms with van der Waals surface area (Å²) in [5.74, 6) is 0.127. The maximum atomic E-state index is 13.4. The molecule has 0 bridgehead atoms. The first-order valence-corrected chi connectivity index (χ1v) is 12.3. The van der Waals surface area contributed by atoms with Crippen LogP contribution >= 0.6 is 0 Å². The second-order valence-corrected chi connectivity index (χ2v) is 9.03. The van der Waals surface area contributed by atoms with E-state index in [4.69, 9.17) is 10.5 Å². The average Bonchev–Trinajstić information content (AvgIpc) is 3.58. The molecule has 3 N–H and O–H groups in total. The number of para-hydroxylation sites is 2. The molecule has 4 aromatic rings. The van der Waals surface area contributed by atoms with Gasteiger partial charge in [-0.25, -0.2) is 4.68 Å². The summed E-state index contributed by atoms with van der Waals surface area (Å²) in [5.41, 5.74) is 10.0. The van der Waals surface area contributed by atoms with Crippen LogP contribution in [0, 0.1) is 0 Å². The van der Waals surface area contributed by atoms with Gasteiger partial charge >= 0.3 is 0 Å². The highest BCUT2D eigenvalue weighted by Gasteiger charge is 2.29. The molecule has 8 nitrogen and oxygen atoms in total. The number of benzene rings is 3. The molecule has 37 heavy (non-hydrogen) atoms. The summed E-state index contributed by atoms with van der Waals surface area (Å²) in [7, 11) is 1.63. The molecule has 188 valence electrons. The number of amides is 2. The third-order valence-corrected chi connectivity index (χ3v) is 6.66. The number of carbonyl (C=O) groups is 2. The fourth-order valence-electron chi connectivity index (χ4n) is 4.75. The van der Waals surface area contributed by atoms with E-state index in [-0.39, 0.29) is 17.9 Å². The van der Waals surface area contributed by atoms with Crippen LogP contribution in [0.4, 0.5) is 5.69 Å². The number of nitrogens with zero attached hydrogens (tertiary/aromatic N) is 3. The van der Waals surface area contributed by atoms with Crippen LogP contribution in [-0.4, -0.2) is 46.2 Å². The number of nitrogens with two attached hydrogens (primary N) is 1. The van der Waals surface area contributed by atoms with Crippen molar-refractivity contribution >= 4 is 17.5 Å². The van der Waals surface area contributed by atoms with Gasteiger partial charge in [-0.3, -0.25) is 14.5 Å². The zero-order valence-electron chi connectivity index (χ0n) is 20.6. The van der Waals surface area contributed by atoms with Gasteiger partial charge < -0.3 is 15.8 Å². The number of hydrogen-bond acceptors (Lipinski definition) is 5. The van der Waals surface area contributed by atoms with E-state index in [9.17, 15) is 9.59 Å². The third-order valence-electron chi connectivity index (χ3n) is 6.66. The molecule has 8 heteroatoms. The Morgan fingerprint density at radius 2 is 1.76 bits per heavy atom. The van der Waals surface area contributed by atoms with E-state index in [0.717, 1.165) is 47.6 Å². The summed E-state index contributed by atoms with van der Waals surface area (Å²) >= 11 is 0. The number of ether oxygens (including phenoxy) is 1. The van der Waals surface area contributed by atoms with Crippen LogP contribution < -0.4 is 15.8 Å². The lowest BCUT2D eigenvalue weighted by atomic mass is 10.1. The summed E-state index contributed by atoms with van der Waals surface area (Å²) in [4.78, 5) is 27.3. The monoisotopic (exact) mass is 495 g/mol. The quantitative estimate of drug-likeness (QED) is 0.381. The minimum atomic E-state index is -0.315. The van der Waals surface area contributed by atoms with Gasteiger partial charge in [-0.2, -0.15) is 5.10 Å². The van der Waals surface area contributed by atoms with Crippen LogP contribution in [0.5, 0.6) is 5.75 Å². The van der Waals surface area contributed by atoms with Crippen molar-refractivity contribution in [2.75, 3.05) is 19.0 Å². The molecule has 1 saturated heterocycles. The standard InChI is InChI=1S/C29H29N5O3/c1-37-23-15-13-20(14-16-23)27-18-25(32-34(27)22-9-3-2-4-10-22)29(36)31-24-11-6-5-8-21(24)19-33-17-7-12-26(33)28(30)35/h2-6,8-11,13-16,18,26H,7,12,17,19H2,1H3,(H2,30,35)(H,31,36). The topological polar surface area (TPSA) is 102 Å². The molecule has 1 fully saturated rings. The summed E-state index contributed by atoms with van der Waals surface area (Å²) in [5, 5.41) is 7.69. The lowest BCUT2D eigenvalue weighted by molar-refractivity contribution is -0.122. The molecule has 1 aliphatic heterocycles. The fourth-order valence-corrected chi connectivity index (χ4v) is 4.75. The number of likely N-dealkylation sites (tertiary alicyclic amines) is 1. The van der Waals surface area contributed by atoms with Gasteiger partial charge in [-0.1, -0.05) is 36.4 Å². The van der Waals surface area contributed by atoms with Crippen LogP contribution in [0.25, 0.3) is 16.9 Å². The molecule has 1 unspecified atom stereocenters. The molecule has 5 rings (SSSR count). The van der Waals surface area contributed by atoms with Crippen LogP contribution in [0.3, 0.4) is 0 Å². The second kappa shape index (κ2) is 10.7. The van der Waals surface area contributed by atoms with Gasteiger partial charge in [-0.15, -0.1) is 0 Å². The molecule has 1 aliphatic rings. The summed E-state index contributed by atoms with van der Waals surface area (Å²) in [6.07, 6.45) is 1.68. The Labute approximate surface area is 215 Å². The van der Waals surface area contributed by atoms with Crippen molar-refractivity contribution in [2.45, 2.75) is 25.4 Å². The largest absolute Gasteiger partial charge is 0.497 e. The van der Waals surface area contributed by atoms with Crippen molar-refractivity contribution in [1.82, 2.24) is 14.7 Å². The Morgan fingerprint density at radius 1 is 1.03 bits per heavy atom. The first-order chi connectivity index (χ1) is 18.0. The summed E-state index contributed by atoms with van der Waals surface area (Å²) < 4.78 is 7.06. The van der Waals surface area contributed by atoms with Crippen molar-refractivity contribution < 1.29 is 14.3 Å². The van der Waals surface area contributed by atoms with Crippen LogP contribution in [0.1, 0.15) is 28.9 Å². The molecular formula is C29H29N5O3. The van der Waals surface area contributed by atoms with Crippen LogP contribution in [0.2, 0.25) is 0 Å². The predicted octanol–water partition coefficient (Wildman–Crippen LogP) is 4.25. The molecule has 2 amide bonds. The minimum Gasteiger partial charge on any atom is -0.497 e. The van der Waals surface area contributed by atoms with E-state index >= 15 is 0 Å². The average molecular weight is 496 g/mol. The molecule has 1 aromatic heterocycles. The van der Waals surface area contributed by atoms with E-state index in [1.807, 2.05) is 78.9 Å². The lowest BCUT2D eigenvalue weighted by Crippen LogP contribution is -2.39. The number of methoxy groups -OCH3 is 1. The molecule has 2 heterocycles. The number of anilines is 1. The third kappa shape index (κ3) is 5.24. The van der Waals surface area contributed by atoms with Gasteiger partial charge in [0.1, 0.15) is 5.75 Å². The van der Waals surface area contributed by atoms with Gasteiger partial charge in [0.2, 0.25) is 5.91 Å². The van der Waals surface area contributed by atoms with E-state index < -0.39 is 0 Å². The zero-order chi connectivity index (χ0) is 25.8. The van der Waals surface area contributed by atoms with E-state index in [1.54, 1.807) is 17.9 Å². The van der Waals surface area contributed by atoms with Gasteiger partial charge in [-0.05, 0) is 73.5 Å². The number of nitrogens with one attached hydrogen (secondary N) is 1. The number of hydrogen-bond donors (Lipinski definition) is 2. The normalized spacial score (nSPS) is 15.4. The Bertz CT molecular complexity index is 1400. The van der Waals surface area contributed by atoms with E-state index in [0.29, 0.717) is 17.9 Å². The highest BCUT2D eigenvalue weighted by molar-refractivity contribution is 6.04. The molecule has 0 aliphatic carbocycles. The first-order valence-electron chi connectivity index (χ1n) is 12.3. The Morgan fingerprint density at radius 3 is 2.49 bits per heavy atom. The van der Waals surface area contributed by atoms with Gasteiger partial charge in [0, 0.05) is 17.8 Å². The molecule has 3 aromatic carbocycles. The zero-order valence-corrected chi connectivity index (χ0v) is 20.6. The van der Waals surface area contributed by atoms with Crippen molar-refractivity contribution in [3.8, 4) is 22.7 Å². The number of rotatable bonds is 8. The fraction of sp³-hybridized carbons (Fsp3) is 0.207. The SMILES string of the molecule is COc1ccc(-c2cc(C(=O)Nc3ccccc3CN3CCCC3C(N)=O)nn2-c2ccccc2)cc1. The van der Waals surface area contributed by atoms with Gasteiger partial charge in [0.25, 0.3) is 5.91 Å². The maximum absolute atomic E-state index is 13.4. The predicted molar refractivity (Wildman–Crippen MR) is 143 cm³/mol. The van der Waals surface area contributed by atoms with Crippen LogP contribution in [-0.2, 0) is 11.3 Å². The summed E-state index contributed by atoms with van der Waals surface area (Å²) in [6, 6.07) is 26.5. The number of primary amides is 1. The van der Waals surface area contributed by atoms with Gasteiger partial charge in [0.05, 0.1) is 24.5 Å². The lowest BCUT2D eigenvalue weighted by Gasteiger charge is -2.23. The van der Waals surface area contributed by atoms with Gasteiger partial charge in [0.15, 0.2) is 5.69 Å². The Hall–Kier alpha value is -4.43. The Kier molecular flexibility index (Phi) is 7.00. The molecule has 0 saturated carbocycles. The number of aromatic nitrogens is 2. The molecule has 0 spiro atoms. The van der Waals surface area contributed by atoms with E-state index in [2.05, 4.69) is 15.3 Å². The van der Waals surface area contributed by atoms with Crippen molar-refractivity contribution in [2.24, 2.45) is 5.73 Å². The molecular weight excluding hydrogens is 466 g/mol. The van der Waals surface area contributed by atoms with Crippen molar-refractivity contribution in [3.63, 3.8) is 0 Å². The minimum absolute atomic E-state index is 0.280. The van der Waals surface area contributed by atoms with Crippen molar-refractivity contribution in [3.05, 3.63) is 96.2 Å². The maximum Gasteiger partial charge on any atom is 0.276 e. The van der Waals surface area contributed by atoms with Crippen molar-refractivity contribution in [1.29, 1.82) is 0 Å². The highest BCUT2D eigenvalue weighted by atomic mass is 16.5. The first kappa shape index (κ1) is 24.3. The highest BCUT2D eigenvalue weighted by Crippen LogP contribution is 2.28. The Balaban J connectivity index is 1.44. The van der Waals surface area contributed by atoms with Crippen LogP contribution in [0.15, 0.2) is 84.9 Å². The van der Waals surface area contributed by atoms with E-state index in [1.165, 1.54) is 0 Å². The second-order valence-electron chi connectivity index (χ2n) is 9.03. The molecule has 0 radical (unpaired) electrons.